The topological polar surface area (TPSA) is 24.4 Å². The molecule has 0 saturated carbocycles. The van der Waals surface area contributed by atoms with Crippen molar-refractivity contribution in [2.24, 2.45) is 4.99 Å². The zero-order chi connectivity index (χ0) is 12.9. The molecule has 100 valence electrons. The van der Waals surface area contributed by atoms with E-state index in [9.17, 15) is 13.2 Å². The monoisotopic (exact) mass is 268 g/mol. The van der Waals surface area contributed by atoms with Crippen LogP contribution >= 0.6 is 11.8 Å². The van der Waals surface area contributed by atoms with E-state index in [1.807, 2.05) is 0 Å². The van der Waals surface area contributed by atoms with Crippen molar-refractivity contribution in [3.63, 3.8) is 0 Å². The van der Waals surface area contributed by atoms with Gasteiger partial charge in [-0.2, -0.15) is 13.2 Å². The van der Waals surface area contributed by atoms with Crippen LogP contribution in [0.2, 0.25) is 0 Å². The van der Waals surface area contributed by atoms with E-state index in [1.54, 1.807) is 11.8 Å². The lowest BCUT2D eigenvalue weighted by molar-refractivity contribution is -0.134. The maximum Gasteiger partial charge on any atom is 0.389 e. The second kappa shape index (κ2) is 5.98. The maximum absolute atomic E-state index is 11.9. The normalized spacial score (nSPS) is 21.8. The lowest BCUT2D eigenvalue weighted by atomic mass is 9.96. The van der Waals surface area contributed by atoms with Crippen LogP contribution < -0.4 is 5.32 Å². The number of thioether (sulfide) groups is 1. The summed E-state index contributed by atoms with van der Waals surface area (Å²) in [5.41, 5.74) is 0.0908. The molecule has 1 aliphatic rings. The summed E-state index contributed by atoms with van der Waals surface area (Å²) in [6.45, 7) is 4.48. The Hall–Kier alpha value is -0.390. The van der Waals surface area contributed by atoms with Gasteiger partial charge in [-0.05, 0) is 19.3 Å². The number of hydrogen-bond acceptors (Lipinski definition) is 2. The van der Waals surface area contributed by atoms with Crippen molar-refractivity contribution in [3.05, 3.63) is 0 Å². The van der Waals surface area contributed by atoms with Crippen LogP contribution in [0.4, 0.5) is 13.2 Å². The molecular formula is C11H19F3N2S. The van der Waals surface area contributed by atoms with Gasteiger partial charge < -0.3 is 5.32 Å². The van der Waals surface area contributed by atoms with Gasteiger partial charge in [0.15, 0.2) is 5.17 Å². The fourth-order valence-corrected chi connectivity index (χ4v) is 3.05. The molecule has 0 atom stereocenters. The predicted octanol–water partition coefficient (Wildman–Crippen LogP) is 3.58. The van der Waals surface area contributed by atoms with Gasteiger partial charge >= 0.3 is 6.18 Å². The molecule has 0 radical (unpaired) electrons. The quantitative estimate of drug-likeness (QED) is 0.771. The first-order valence-corrected chi connectivity index (χ1v) is 6.91. The molecule has 1 heterocycles. The summed E-state index contributed by atoms with van der Waals surface area (Å²) in [6.07, 6.45) is -2.72. The molecule has 0 bridgehead atoms. The third kappa shape index (κ3) is 4.77. The molecule has 1 N–H and O–H groups in total. The van der Waals surface area contributed by atoms with Crippen LogP contribution in [0.25, 0.3) is 0 Å². The van der Waals surface area contributed by atoms with E-state index in [2.05, 4.69) is 24.2 Å². The van der Waals surface area contributed by atoms with E-state index in [4.69, 9.17) is 0 Å². The molecule has 0 aromatic rings. The number of alkyl halides is 3. The first kappa shape index (κ1) is 14.7. The zero-order valence-corrected chi connectivity index (χ0v) is 11.0. The van der Waals surface area contributed by atoms with Crippen molar-refractivity contribution in [2.75, 3.05) is 12.3 Å². The average Bonchev–Trinajstić information content (AvgIpc) is 2.68. The van der Waals surface area contributed by atoms with E-state index < -0.39 is 12.6 Å². The number of aliphatic imine (C=N–C) groups is 1. The molecule has 1 saturated heterocycles. The first-order chi connectivity index (χ1) is 7.91. The van der Waals surface area contributed by atoms with Crippen LogP contribution in [-0.4, -0.2) is 29.2 Å². The van der Waals surface area contributed by atoms with Crippen molar-refractivity contribution in [1.82, 2.24) is 5.32 Å². The summed E-state index contributed by atoms with van der Waals surface area (Å²) < 4.78 is 35.8. The Morgan fingerprint density at radius 2 is 2.00 bits per heavy atom. The number of hydrogen-bond donors (Lipinski definition) is 1. The van der Waals surface area contributed by atoms with Gasteiger partial charge in [-0.25, -0.2) is 0 Å². The Bertz CT molecular complexity index is 272. The van der Waals surface area contributed by atoms with Gasteiger partial charge in [-0.1, -0.05) is 25.6 Å². The third-order valence-corrected chi connectivity index (χ3v) is 4.29. The summed E-state index contributed by atoms with van der Waals surface area (Å²) in [4.78, 5) is 4.19. The van der Waals surface area contributed by atoms with Gasteiger partial charge in [0.2, 0.25) is 0 Å². The molecule has 2 nitrogen and oxygen atoms in total. The molecule has 0 unspecified atom stereocenters. The smallest absolute Gasteiger partial charge is 0.359 e. The fraction of sp³-hybridized carbons (Fsp3) is 0.909. The standard InChI is InChI=1S/C11H19F3N2S/c1-3-10(4-2)8-17-9(16-10)15-7-5-6-11(12,13)14/h3-8H2,1-2H3,(H,15,16). The average molecular weight is 268 g/mol. The fourth-order valence-electron chi connectivity index (χ4n) is 1.68. The van der Waals surface area contributed by atoms with Crippen molar-refractivity contribution in [2.45, 2.75) is 51.2 Å². The van der Waals surface area contributed by atoms with Gasteiger partial charge in [0.1, 0.15) is 0 Å². The van der Waals surface area contributed by atoms with E-state index in [-0.39, 0.29) is 18.5 Å². The van der Waals surface area contributed by atoms with E-state index in [0.717, 1.165) is 23.8 Å². The Balaban J connectivity index is 2.33. The summed E-state index contributed by atoms with van der Waals surface area (Å²) in [6, 6.07) is 0. The molecule has 0 spiro atoms. The molecule has 17 heavy (non-hydrogen) atoms. The lowest BCUT2D eigenvalue weighted by Gasteiger charge is -2.25. The van der Waals surface area contributed by atoms with E-state index >= 15 is 0 Å². The Kier molecular flexibility index (Phi) is 5.16. The van der Waals surface area contributed by atoms with Gasteiger partial charge in [-0.3, -0.25) is 4.99 Å². The van der Waals surface area contributed by atoms with Crippen LogP contribution in [0.1, 0.15) is 39.5 Å². The summed E-state index contributed by atoms with van der Waals surface area (Å²) >= 11 is 1.61. The Morgan fingerprint density at radius 1 is 1.35 bits per heavy atom. The molecule has 1 rings (SSSR count). The minimum Gasteiger partial charge on any atom is -0.359 e. The first-order valence-electron chi connectivity index (χ1n) is 5.93. The van der Waals surface area contributed by atoms with Crippen LogP contribution in [0, 0.1) is 0 Å². The molecule has 0 amide bonds. The summed E-state index contributed by atoms with van der Waals surface area (Å²) in [5.74, 6) is 0.956. The minimum atomic E-state index is -4.06. The van der Waals surface area contributed by atoms with Crippen molar-refractivity contribution in [3.8, 4) is 0 Å². The molecule has 1 fully saturated rings. The second-order valence-electron chi connectivity index (χ2n) is 4.31. The highest BCUT2D eigenvalue weighted by atomic mass is 32.2. The molecule has 0 aromatic heterocycles. The lowest BCUT2D eigenvalue weighted by Crippen LogP contribution is -2.42. The van der Waals surface area contributed by atoms with Gasteiger partial charge in [0.25, 0.3) is 0 Å². The Morgan fingerprint density at radius 3 is 2.47 bits per heavy atom. The Labute approximate surface area is 104 Å². The molecule has 0 aliphatic carbocycles. The number of halogens is 3. The van der Waals surface area contributed by atoms with Crippen LogP contribution in [-0.2, 0) is 0 Å². The highest BCUT2D eigenvalue weighted by Crippen LogP contribution is 2.29. The molecule has 0 aromatic carbocycles. The minimum absolute atomic E-state index is 0.0699. The highest BCUT2D eigenvalue weighted by molar-refractivity contribution is 8.14. The van der Waals surface area contributed by atoms with E-state index in [1.165, 1.54) is 0 Å². The second-order valence-corrected chi connectivity index (χ2v) is 5.27. The number of rotatable bonds is 5. The molecule has 1 aliphatic heterocycles. The number of amidine groups is 1. The SMILES string of the molecule is CCC1(CC)CSC(=NCCCC(F)(F)F)N1. The number of nitrogens with one attached hydrogen (secondary N) is 1. The van der Waals surface area contributed by atoms with Crippen LogP contribution in [0.5, 0.6) is 0 Å². The summed E-state index contributed by atoms with van der Waals surface area (Å²) in [5, 5.41) is 4.13. The third-order valence-electron chi connectivity index (χ3n) is 3.08. The number of nitrogens with zero attached hydrogens (tertiary/aromatic N) is 1. The van der Waals surface area contributed by atoms with Crippen molar-refractivity contribution < 1.29 is 13.2 Å². The highest BCUT2D eigenvalue weighted by Gasteiger charge is 2.33. The van der Waals surface area contributed by atoms with Crippen LogP contribution in [0.15, 0.2) is 4.99 Å². The molecule has 6 heteroatoms. The predicted molar refractivity (Wildman–Crippen MR) is 66.5 cm³/mol. The molecular weight excluding hydrogens is 249 g/mol. The largest absolute Gasteiger partial charge is 0.389 e. The zero-order valence-electron chi connectivity index (χ0n) is 10.2. The van der Waals surface area contributed by atoms with Crippen molar-refractivity contribution in [1.29, 1.82) is 0 Å². The van der Waals surface area contributed by atoms with E-state index in [0.29, 0.717) is 0 Å². The maximum atomic E-state index is 11.9. The van der Waals surface area contributed by atoms with Gasteiger partial charge in [0.05, 0.1) is 0 Å². The van der Waals surface area contributed by atoms with Gasteiger partial charge in [0, 0.05) is 24.3 Å². The van der Waals surface area contributed by atoms with Crippen LogP contribution in [0.3, 0.4) is 0 Å². The van der Waals surface area contributed by atoms with Crippen molar-refractivity contribution >= 4 is 16.9 Å². The van der Waals surface area contributed by atoms with Gasteiger partial charge in [-0.15, -0.1) is 0 Å². The summed E-state index contributed by atoms with van der Waals surface area (Å²) in [7, 11) is 0.